The van der Waals surface area contributed by atoms with E-state index in [1.54, 1.807) is 6.92 Å². The van der Waals surface area contributed by atoms with Crippen LogP contribution in [0.5, 0.6) is 0 Å². The Morgan fingerprint density at radius 2 is 2.35 bits per heavy atom. The van der Waals surface area contributed by atoms with Crippen LogP contribution >= 0.6 is 11.8 Å². The highest BCUT2D eigenvalue weighted by Gasteiger charge is 2.10. The summed E-state index contributed by atoms with van der Waals surface area (Å²) >= 11 is 1.44. The highest BCUT2D eigenvalue weighted by Crippen LogP contribution is 2.15. The predicted octanol–water partition coefficient (Wildman–Crippen LogP) is 0.944. The van der Waals surface area contributed by atoms with Gasteiger partial charge in [0.15, 0.2) is 5.16 Å². The minimum atomic E-state index is -0.413. The number of hydrogen-bond donors (Lipinski definition) is 2. The summed E-state index contributed by atoms with van der Waals surface area (Å²) in [7, 11) is 0. The van der Waals surface area contributed by atoms with Crippen LogP contribution in [0.25, 0.3) is 0 Å². The maximum Gasteiger partial charge on any atom is 0.356 e. The highest BCUT2D eigenvalue weighted by molar-refractivity contribution is 7.99. The Bertz CT molecular complexity index is 392. The lowest BCUT2D eigenvalue weighted by Gasteiger charge is -1.98. The largest absolute Gasteiger partial charge is 0.461 e. The predicted molar refractivity (Wildman–Crippen MR) is 63.7 cm³/mol. The van der Waals surface area contributed by atoms with E-state index in [1.807, 2.05) is 0 Å². The first kappa shape index (κ1) is 13.6. The van der Waals surface area contributed by atoms with Crippen molar-refractivity contribution in [1.29, 1.82) is 0 Å². The van der Waals surface area contributed by atoms with Crippen LogP contribution in [-0.4, -0.2) is 34.2 Å². The number of aromatic nitrogens is 2. The zero-order chi connectivity index (χ0) is 12.7. The number of carbonyl (C=O) groups is 2. The first-order chi connectivity index (χ1) is 8.13. The highest BCUT2D eigenvalue weighted by atomic mass is 32.2. The van der Waals surface area contributed by atoms with Gasteiger partial charge in [0, 0.05) is 12.2 Å². The minimum Gasteiger partial charge on any atom is -0.461 e. The molecule has 0 unspecified atom stereocenters. The molecule has 0 aliphatic carbocycles. The number of imidazole rings is 1. The number of nitrogens with zero attached hydrogens (tertiary/aromatic N) is 1. The first-order valence-electron chi connectivity index (χ1n) is 5.26. The van der Waals surface area contributed by atoms with Gasteiger partial charge in [-0.1, -0.05) is 11.8 Å². The fourth-order valence-electron chi connectivity index (χ4n) is 1.10. The van der Waals surface area contributed by atoms with Crippen LogP contribution in [0.15, 0.2) is 11.4 Å². The molecule has 0 saturated heterocycles. The molecule has 1 aromatic heterocycles. The van der Waals surface area contributed by atoms with E-state index in [1.165, 1.54) is 18.0 Å². The number of carbonyl (C=O) groups excluding carboxylic acids is 2. The second-order valence-electron chi connectivity index (χ2n) is 3.24. The van der Waals surface area contributed by atoms with E-state index < -0.39 is 5.97 Å². The van der Waals surface area contributed by atoms with Crippen LogP contribution in [0, 0.1) is 0 Å². The van der Waals surface area contributed by atoms with Gasteiger partial charge in [-0.05, 0) is 13.3 Å². The quantitative estimate of drug-likeness (QED) is 0.430. The molecule has 94 valence electrons. The van der Waals surface area contributed by atoms with Crippen LogP contribution in [-0.2, 0) is 9.53 Å². The third-order valence-corrected chi connectivity index (χ3v) is 2.83. The van der Waals surface area contributed by atoms with E-state index >= 15 is 0 Å². The maximum atomic E-state index is 11.3. The van der Waals surface area contributed by atoms with Crippen LogP contribution in [0.2, 0.25) is 0 Å². The Morgan fingerprint density at radius 3 is 3.00 bits per heavy atom. The SMILES string of the molecule is CCOC(=O)c1cnc(SCCCC(N)=O)[nH]1. The molecule has 0 spiro atoms. The number of nitrogens with two attached hydrogens (primary N) is 1. The van der Waals surface area contributed by atoms with Gasteiger partial charge in [0.2, 0.25) is 5.91 Å². The zero-order valence-corrected chi connectivity index (χ0v) is 10.4. The third-order valence-electron chi connectivity index (χ3n) is 1.85. The molecule has 0 bridgehead atoms. The van der Waals surface area contributed by atoms with E-state index in [2.05, 4.69) is 9.97 Å². The molecule has 0 atom stereocenters. The standard InChI is InChI=1S/C10H15N3O3S/c1-2-16-9(15)7-6-12-10(13-7)17-5-3-4-8(11)14/h6H,2-5H2,1H3,(H2,11,14)(H,12,13). The van der Waals surface area contributed by atoms with Crippen LogP contribution in [0.1, 0.15) is 30.3 Å². The smallest absolute Gasteiger partial charge is 0.356 e. The fourth-order valence-corrected chi connectivity index (χ4v) is 1.90. The molecule has 1 aromatic rings. The summed E-state index contributed by atoms with van der Waals surface area (Å²) in [5, 5.41) is 0.637. The van der Waals surface area contributed by atoms with Crippen molar-refractivity contribution in [3.05, 3.63) is 11.9 Å². The molecule has 1 amide bonds. The summed E-state index contributed by atoms with van der Waals surface area (Å²) in [5.74, 6) is -0.000120. The summed E-state index contributed by atoms with van der Waals surface area (Å²) in [4.78, 5) is 28.7. The van der Waals surface area contributed by atoms with Crippen LogP contribution < -0.4 is 5.73 Å². The van der Waals surface area contributed by atoms with Crippen molar-refractivity contribution in [1.82, 2.24) is 9.97 Å². The molecular formula is C10H15N3O3S. The number of primary amides is 1. The molecule has 1 heterocycles. The Kier molecular flexibility index (Phi) is 5.55. The third kappa shape index (κ3) is 4.90. The summed E-state index contributed by atoms with van der Waals surface area (Å²) in [6, 6.07) is 0. The summed E-state index contributed by atoms with van der Waals surface area (Å²) < 4.78 is 4.82. The van der Waals surface area contributed by atoms with Crippen molar-refractivity contribution in [3.8, 4) is 0 Å². The molecule has 7 heteroatoms. The topological polar surface area (TPSA) is 98.1 Å². The van der Waals surface area contributed by atoms with Crippen molar-refractivity contribution in [2.24, 2.45) is 5.73 Å². The Labute approximate surface area is 103 Å². The van der Waals surface area contributed by atoms with E-state index in [0.717, 1.165) is 5.75 Å². The molecule has 0 radical (unpaired) electrons. The van der Waals surface area contributed by atoms with Gasteiger partial charge < -0.3 is 15.5 Å². The number of rotatable bonds is 7. The van der Waals surface area contributed by atoms with E-state index in [0.29, 0.717) is 30.3 Å². The van der Waals surface area contributed by atoms with E-state index in [4.69, 9.17) is 10.5 Å². The number of H-pyrrole nitrogens is 1. The summed E-state index contributed by atoms with van der Waals surface area (Å²) in [6.07, 6.45) is 2.49. The molecule has 6 nitrogen and oxygen atoms in total. The average Bonchev–Trinajstić information content (AvgIpc) is 2.73. The van der Waals surface area contributed by atoms with Gasteiger partial charge >= 0.3 is 5.97 Å². The molecule has 3 N–H and O–H groups in total. The minimum absolute atomic E-state index is 0.308. The molecule has 0 saturated carbocycles. The van der Waals surface area contributed by atoms with Crippen LogP contribution in [0.4, 0.5) is 0 Å². The lowest BCUT2D eigenvalue weighted by molar-refractivity contribution is -0.118. The summed E-state index contributed by atoms with van der Waals surface area (Å²) in [5.41, 5.74) is 5.35. The monoisotopic (exact) mass is 257 g/mol. The Morgan fingerprint density at radius 1 is 1.59 bits per heavy atom. The number of hydrogen-bond acceptors (Lipinski definition) is 5. The Hall–Kier alpha value is -1.50. The van der Waals surface area contributed by atoms with Crippen molar-refractivity contribution in [2.45, 2.75) is 24.9 Å². The molecule has 0 aliphatic heterocycles. The van der Waals surface area contributed by atoms with Gasteiger partial charge in [-0.15, -0.1) is 0 Å². The van der Waals surface area contributed by atoms with Gasteiger partial charge in [-0.25, -0.2) is 9.78 Å². The number of esters is 1. The van der Waals surface area contributed by atoms with Gasteiger partial charge in [-0.2, -0.15) is 0 Å². The number of thioether (sulfide) groups is 1. The number of amides is 1. The average molecular weight is 257 g/mol. The van der Waals surface area contributed by atoms with Crippen molar-refractivity contribution >= 4 is 23.6 Å². The number of aromatic amines is 1. The van der Waals surface area contributed by atoms with Gasteiger partial charge in [0.05, 0.1) is 12.8 Å². The molecule has 0 aliphatic rings. The second kappa shape index (κ2) is 6.95. The van der Waals surface area contributed by atoms with Crippen molar-refractivity contribution in [2.75, 3.05) is 12.4 Å². The Balaban J connectivity index is 2.35. The van der Waals surface area contributed by atoms with E-state index in [-0.39, 0.29) is 5.91 Å². The molecule has 17 heavy (non-hydrogen) atoms. The first-order valence-corrected chi connectivity index (χ1v) is 6.25. The zero-order valence-electron chi connectivity index (χ0n) is 9.56. The number of ether oxygens (including phenoxy) is 1. The maximum absolute atomic E-state index is 11.3. The van der Waals surface area contributed by atoms with Crippen molar-refractivity contribution in [3.63, 3.8) is 0 Å². The molecule has 0 aromatic carbocycles. The fraction of sp³-hybridized carbons (Fsp3) is 0.500. The lowest BCUT2D eigenvalue weighted by Crippen LogP contribution is -2.10. The van der Waals surface area contributed by atoms with E-state index in [9.17, 15) is 9.59 Å². The van der Waals surface area contributed by atoms with Gasteiger partial charge in [-0.3, -0.25) is 4.79 Å². The number of nitrogens with one attached hydrogen (secondary N) is 1. The second-order valence-corrected chi connectivity index (χ2v) is 4.32. The molecule has 0 fully saturated rings. The molecular weight excluding hydrogens is 242 g/mol. The van der Waals surface area contributed by atoms with Gasteiger partial charge in [0.25, 0.3) is 0 Å². The normalized spacial score (nSPS) is 10.2. The summed E-state index contributed by atoms with van der Waals surface area (Å²) in [6.45, 7) is 2.08. The molecule has 1 rings (SSSR count). The van der Waals surface area contributed by atoms with Crippen molar-refractivity contribution < 1.29 is 14.3 Å². The van der Waals surface area contributed by atoms with Gasteiger partial charge in [0.1, 0.15) is 5.69 Å². The van der Waals surface area contributed by atoms with Crippen LogP contribution in [0.3, 0.4) is 0 Å². The lowest BCUT2D eigenvalue weighted by atomic mass is 10.3.